The second-order valence-corrected chi connectivity index (χ2v) is 6.83. The first-order chi connectivity index (χ1) is 12.7. The van der Waals surface area contributed by atoms with E-state index in [9.17, 15) is 13.2 Å². The average molecular weight is 397 g/mol. The van der Waals surface area contributed by atoms with Crippen molar-refractivity contribution in [3.8, 4) is 17.8 Å². The molecule has 1 unspecified atom stereocenters. The number of anilines is 1. The minimum Gasteiger partial charge on any atom is -0.489 e. The predicted octanol–water partition coefficient (Wildman–Crippen LogP) is 0.332. The zero-order chi connectivity index (χ0) is 20.0. The van der Waals surface area contributed by atoms with Crippen LogP contribution in [0.15, 0.2) is 29.2 Å². The molecule has 11 nitrogen and oxygen atoms in total. The standard InChI is InChI=1S/C15H19N5O6S/c1-9(26-10-6-4-5-7-11(10)27(16,22)23)8-12(21)17-13-18-14(24-2)20-15(19-13)25-3/h4-7,9H,8H2,1-3H3,(H2,16,22,23)(H,17,18,19,20,21). The maximum absolute atomic E-state index is 12.2. The number of ether oxygens (including phenoxy) is 3. The van der Waals surface area contributed by atoms with Gasteiger partial charge in [0, 0.05) is 0 Å². The topological polar surface area (TPSA) is 156 Å². The highest BCUT2D eigenvalue weighted by molar-refractivity contribution is 7.89. The van der Waals surface area contributed by atoms with Gasteiger partial charge in [-0.05, 0) is 19.1 Å². The van der Waals surface area contributed by atoms with Crippen LogP contribution in [0.5, 0.6) is 17.8 Å². The van der Waals surface area contributed by atoms with E-state index in [2.05, 4.69) is 20.3 Å². The van der Waals surface area contributed by atoms with E-state index in [1.54, 1.807) is 13.0 Å². The number of amides is 1. The Kier molecular flexibility index (Phi) is 6.47. The Hall–Kier alpha value is -2.99. The van der Waals surface area contributed by atoms with Crippen molar-refractivity contribution in [2.75, 3.05) is 19.5 Å². The van der Waals surface area contributed by atoms with Gasteiger partial charge < -0.3 is 14.2 Å². The lowest BCUT2D eigenvalue weighted by molar-refractivity contribution is -0.117. The van der Waals surface area contributed by atoms with E-state index >= 15 is 0 Å². The first kappa shape index (κ1) is 20.3. The molecule has 2 rings (SSSR count). The molecule has 27 heavy (non-hydrogen) atoms. The highest BCUT2D eigenvalue weighted by Gasteiger charge is 2.19. The summed E-state index contributed by atoms with van der Waals surface area (Å²) in [6.45, 7) is 1.61. The third-order valence-corrected chi connectivity index (χ3v) is 4.12. The van der Waals surface area contributed by atoms with Gasteiger partial charge in [-0.25, -0.2) is 13.6 Å². The van der Waals surface area contributed by atoms with Crippen LogP contribution < -0.4 is 24.7 Å². The molecule has 1 atom stereocenters. The second kappa shape index (κ2) is 8.60. The monoisotopic (exact) mass is 397 g/mol. The van der Waals surface area contributed by atoms with E-state index in [0.29, 0.717) is 0 Å². The Morgan fingerprint density at radius 1 is 1.15 bits per heavy atom. The van der Waals surface area contributed by atoms with Gasteiger partial charge in [0.15, 0.2) is 0 Å². The molecule has 1 aromatic carbocycles. The van der Waals surface area contributed by atoms with E-state index in [1.807, 2.05) is 0 Å². The van der Waals surface area contributed by atoms with E-state index in [-0.39, 0.29) is 35.0 Å². The molecular weight excluding hydrogens is 378 g/mol. The van der Waals surface area contributed by atoms with Crippen molar-refractivity contribution in [3.05, 3.63) is 24.3 Å². The molecule has 146 valence electrons. The van der Waals surface area contributed by atoms with Gasteiger partial charge in [-0.3, -0.25) is 10.1 Å². The van der Waals surface area contributed by atoms with Crippen LogP contribution in [0, 0.1) is 0 Å². The highest BCUT2D eigenvalue weighted by Crippen LogP contribution is 2.23. The average Bonchev–Trinajstić information content (AvgIpc) is 2.60. The number of primary sulfonamides is 1. The molecule has 1 aromatic heterocycles. The number of para-hydroxylation sites is 1. The van der Waals surface area contributed by atoms with E-state index in [1.165, 1.54) is 32.4 Å². The Morgan fingerprint density at radius 2 is 1.74 bits per heavy atom. The smallest absolute Gasteiger partial charge is 0.324 e. The molecule has 0 saturated carbocycles. The molecule has 0 bridgehead atoms. The van der Waals surface area contributed by atoms with Crippen molar-refractivity contribution in [2.24, 2.45) is 5.14 Å². The highest BCUT2D eigenvalue weighted by atomic mass is 32.2. The number of sulfonamides is 1. The van der Waals surface area contributed by atoms with Crippen LogP contribution in [-0.4, -0.2) is 49.6 Å². The van der Waals surface area contributed by atoms with Crippen LogP contribution in [0.2, 0.25) is 0 Å². The third-order valence-electron chi connectivity index (χ3n) is 3.17. The van der Waals surface area contributed by atoms with Crippen molar-refractivity contribution in [1.82, 2.24) is 15.0 Å². The molecule has 0 fully saturated rings. The molecule has 1 amide bonds. The van der Waals surface area contributed by atoms with Gasteiger partial charge in [0.1, 0.15) is 16.7 Å². The van der Waals surface area contributed by atoms with Crippen LogP contribution >= 0.6 is 0 Å². The van der Waals surface area contributed by atoms with Crippen molar-refractivity contribution in [2.45, 2.75) is 24.3 Å². The molecule has 0 aliphatic carbocycles. The number of hydrogen-bond acceptors (Lipinski definition) is 9. The Bertz CT molecular complexity index is 898. The van der Waals surface area contributed by atoms with Gasteiger partial charge in [-0.1, -0.05) is 12.1 Å². The summed E-state index contributed by atoms with van der Waals surface area (Å²) in [5, 5.41) is 7.63. The van der Waals surface area contributed by atoms with Crippen LogP contribution in [0.4, 0.5) is 5.95 Å². The Morgan fingerprint density at radius 3 is 2.30 bits per heavy atom. The van der Waals surface area contributed by atoms with E-state index in [0.717, 1.165) is 0 Å². The van der Waals surface area contributed by atoms with Crippen molar-refractivity contribution in [3.63, 3.8) is 0 Å². The Balaban J connectivity index is 2.05. The zero-order valence-corrected chi connectivity index (χ0v) is 15.7. The SMILES string of the molecule is COc1nc(NC(=O)CC(C)Oc2ccccc2S(N)(=O)=O)nc(OC)n1. The summed E-state index contributed by atoms with van der Waals surface area (Å²) in [4.78, 5) is 23.6. The quantitative estimate of drug-likeness (QED) is 0.641. The molecule has 2 aromatic rings. The number of aromatic nitrogens is 3. The number of nitrogens with zero attached hydrogens (tertiary/aromatic N) is 3. The number of nitrogens with two attached hydrogens (primary N) is 1. The molecule has 0 radical (unpaired) electrons. The normalized spacial score (nSPS) is 12.1. The minimum atomic E-state index is -3.95. The van der Waals surface area contributed by atoms with Gasteiger partial charge >= 0.3 is 12.0 Å². The third kappa shape index (κ3) is 5.76. The van der Waals surface area contributed by atoms with Crippen LogP contribution in [0.3, 0.4) is 0 Å². The fourth-order valence-corrected chi connectivity index (χ4v) is 2.72. The minimum absolute atomic E-state index is 0.0245. The van der Waals surface area contributed by atoms with E-state index < -0.39 is 22.0 Å². The van der Waals surface area contributed by atoms with E-state index in [4.69, 9.17) is 19.3 Å². The van der Waals surface area contributed by atoms with Crippen molar-refractivity contribution >= 4 is 21.9 Å². The molecule has 1 heterocycles. The Labute approximate surface area is 155 Å². The number of methoxy groups -OCH3 is 2. The number of carbonyl (C=O) groups excluding carboxylic acids is 1. The van der Waals surface area contributed by atoms with Crippen molar-refractivity contribution in [1.29, 1.82) is 0 Å². The first-order valence-corrected chi connectivity index (χ1v) is 9.20. The number of benzene rings is 1. The maximum Gasteiger partial charge on any atom is 0.324 e. The van der Waals surface area contributed by atoms with Crippen LogP contribution in [-0.2, 0) is 14.8 Å². The molecular formula is C15H19N5O6S. The first-order valence-electron chi connectivity index (χ1n) is 7.65. The summed E-state index contributed by atoms with van der Waals surface area (Å²) < 4.78 is 38.5. The fourth-order valence-electron chi connectivity index (χ4n) is 2.05. The van der Waals surface area contributed by atoms with Gasteiger partial charge in [0.05, 0.1) is 20.6 Å². The lowest BCUT2D eigenvalue weighted by atomic mass is 10.2. The molecule has 3 N–H and O–H groups in total. The maximum atomic E-state index is 12.2. The zero-order valence-electron chi connectivity index (χ0n) is 14.9. The summed E-state index contributed by atoms with van der Waals surface area (Å²) in [5.41, 5.74) is 0. The number of carbonyl (C=O) groups is 1. The van der Waals surface area contributed by atoms with Gasteiger partial charge in [-0.2, -0.15) is 9.97 Å². The summed E-state index contributed by atoms with van der Waals surface area (Å²) in [6.07, 6.45) is -0.756. The summed E-state index contributed by atoms with van der Waals surface area (Å²) in [6, 6.07) is 5.84. The van der Waals surface area contributed by atoms with Gasteiger partial charge in [-0.15, -0.1) is 4.98 Å². The summed E-state index contributed by atoms with van der Waals surface area (Å²) in [7, 11) is -1.23. The molecule has 0 spiro atoms. The second-order valence-electron chi connectivity index (χ2n) is 5.30. The number of rotatable bonds is 8. The molecule has 12 heteroatoms. The number of nitrogens with one attached hydrogen (secondary N) is 1. The van der Waals surface area contributed by atoms with Crippen LogP contribution in [0.25, 0.3) is 0 Å². The largest absolute Gasteiger partial charge is 0.489 e. The predicted molar refractivity (Wildman–Crippen MR) is 94.1 cm³/mol. The fraction of sp³-hybridized carbons (Fsp3) is 0.333. The van der Waals surface area contributed by atoms with Gasteiger partial charge in [0.2, 0.25) is 21.9 Å². The summed E-state index contributed by atoms with van der Waals surface area (Å²) >= 11 is 0. The van der Waals surface area contributed by atoms with Crippen molar-refractivity contribution < 1.29 is 27.4 Å². The van der Waals surface area contributed by atoms with Gasteiger partial charge in [0.25, 0.3) is 0 Å². The molecule has 0 saturated heterocycles. The lowest BCUT2D eigenvalue weighted by Gasteiger charge is -2.16. The molecule has 0 aliphatic rings. The molecule has 0 aliphatic heterocycles. The lowest BCUT2D eigenvalue weighted by Crippen LogP contribution is -2.24. The van der Waals surface area contributed by atoms with Crippen LogP contribution in [0.1, 0.15) is 13.3 Å². The summed E-state index contributed by atoms with van der Waals surface area (Å²) in [5.74, 6) is -0.462. The number of hydrogen-bond donors (Lipinski definition) is 2.